The Kier molecular flexibility index (Phi) is 2.76. The summed E-state index contributed by atoms with van der Waals surface area (Å²) in [5.41, 5.74) is 2.87. The average Bonchev–Trinajstić information content (AvgIpc) is 2.81. The largest absolute Gasteiger partial charge is 0.410 e. The summed E-state index contributed by atoms with van der Waals surface area (Å²) in [6.07, 6.45) is 0. The highest BCUT2D eigenvalue weighted by Gasteiger charge is 2.21. The minimum Gasteiger partial charge on any atom is -0.0861 e. The van der Waals surface area contributed by atoms with Gasteiger partial charge in [-0.3, -0.25) is 0 Å². The molecule has 5 heteroatoms. The SMILES string of the molecule is Cc1nc2sc(-c3ccccc3)n[n+]2c(C)c1Cl. The van der Waals surface area contributed by atoms with Crippen LogP contribution in [-0.4, -0.2) is 10.1 Å². The van der Waals surface area contributed by atoms with E-state index in [1.54, 1.807) is 11.3 Å². The molecule has 0 aliphatic heterocycles. The van der Waals surface area contributed by atoms with Gasteiger partial charge in [0.25, 0.3) is 0 Å². The van der Waals surface area contributed by atoms with Crippen molar-refractivity contribution < 1.29 is 4.52 Å². The van der Waals surface area contributed by atoms with E-state index in [4.69, 9.17) is 11.6 Å². The van der Waals surface area contributed by atoms with Gasteiger partial charge in [0.2, 0.25) is 0 Å². The van der Waals surface area contributed by atoms with Crippen molar-refractivity contribution in [3.63, 3.8) is 0 Å². The number of halogens is 1. The second kappa shape index (κ2) is 4.30. The van der Waals surface area contributed by atoms with E-state index in [9.17, 15) is 0 Å². The molecule has 0 atom stereocenters. The molecule has 3 aromatic rings. The first-order valence-corrected chi connectivity index (χ1v) is 6.77. The predicted molar refractivity (Wildman–Crippen MR) is 73.0 cm³/mol. The number of aromatic nitrogens is 3. The molecule has 0 spiro atoms. The van der Waals surface area contributed by atoms with Crippen LogP contribution in [0.4, 0.5) is 0 Å². The molecule has 0 saturated carbocycles. The first kappa shape index (κ1) is 11.6. The molecule has 0 aliphatic carbocycles. The van der Waals surface area contributed by atoms with Gasteiger partial charge in [-0.1, -0.05) is 51.5 Å². The second-order valence-electron chi connectivity index (χ2n) is 4.06. The molecule has 0 bridgehead atoms. The Bertz CT molecular complexity index is 722. The van der Waals surface area contributed by atoms with E-state index in [1.165, 1.54) is 0 Å². The van der Waals surface area contributed by atoms with Crippen LogP contribution in [0.1, 0.15) is 11.4 Å². The third-order valence-corrected chi connectivity index (χ3v) is 4.30. The van der Waals surface area contributed by atoms with E-state index >= 15 is 0 Å². The lowest BCUT2D eigenvalue weighted by atomic mass is 10.2. The van der Waals surface area contributed by atoms with Gasteiger partial charge in [0.05, 0.1) is 0 Å². The van der Waals surface area contributed by atoms with Gasteiger partial charge in [-0.2, -0.15) is 0 Å². The molecular weight excluding hydrogens is 266 g/mol. The van der Waals surface area contributed by atoms with E-state index in [-0.39, 0.29) is 0 Å². The Hall–Kier alpha value is -1.52. The first-order chi connectivity index (χ1) is 8.66. The van der Waals surface area contributed by atoms with Crippen LogP contribution in [0, 0.1) is 13.8 Å². The maximum absolute atomic E-state index is 6.19. The van der Waals surface area contributed by atoms with Crippen molar-refractivity contribution in [1.82, 2.24) is 10.1 Å². The van der Waals surface area contributed by atoms with Crippen LogP contribution in [0.25, 0.3) is 15.5 Å². The van der Waals surface area contributed by atoms with Crippen LogP contribution in [0.5, 0.6) is 0 Å². The maximum Gasteiger partial charge on any atom is 0.410 e. The number of benzene rings is 1. The van der Waals surface area contributed by atoms with Gasteiger partial charge < -0.3 is 0 Å². The summed E-state index contributed by atoms with van der Waals surface area (Å²) in [4.78, 5) is 5.34. The van der Waals surface area contributed by atoms with Crippen molar-refractivity contribution in [3.8, 4) is 10.6 Å². The van der Waals surface area contributed by atoms with E-state index in [0.29, 0.717) is 5.02 Å². The van der Waals surface area contributed by atoms with Crippen LogP contribution in [-0.2, 0) is 0 Å². The fourth-order valence-corrected chi connectivity index (χ4v) is 2.94. The Balaban J connectivity index is 2.27. The van der Waals surface area contributed by atoms with Gasteiger partial charge in [0.1, 0.15) is 5.02 Å². The Morgan fingerprint density at radius 1 is 1.17 bits per heavy atom. The molecule has 0 unspecified atom stereocenters. The smallest absolute Gasteiger partial charge is 0.0861 e. The highest BCUT2D eigenvalue weighted by atomic mass is 35.5. The molecule has 2 aromatic heterocycles. The minimum atomic E-state index is 0.678. The topological polar surface area (TPSA) is 29.9 Å². The quantitative estimate of drug-likeness (QED) is 0.639. The lowest BCUT2D eigenvalue weighted by Gasteiger charge is -1.93. The second-order valence-corrected chi connectivity index (χ2v) is 5.40. The normalized spacial score (nSPS) is 11.1. The summed E-state index contributed by atoms with van der Waals surface area (Å²) in [6.45, 7) is 3.87. The summed E-state index contributed by atoms with van der Waals surface area (Å²) in [7, 11) is 0. The van der Waals surface area contributed by atoms with Crippen LogP contribution in [0.2, 0.25) is 5.02 Å². The molecule has 3 rings (SSSR count). The zero-order valence-electron chi connectivity index (χ0n) is 10.0. The van der Waals surface area contributed by atoms with Gasteiger partial charge in [-0.05, 0) is 16.3 Å². The van der Waals surface area contributed by atoms with E-state index in [1.807, 2.05) is 48.7 Å². The zero-order valence-corrected chi connectivity index (χ0v) is 11.6. The molecule has 0 aliphatic rings. The number of nitrogens with zero attached hydrogens (tertiary/aromatic N) is 3. The minimum absolute atomic E-state index is 0.678. The fourth-order valence-electron chi connectivity index (χ4n) is 1.82. The number of hydrogen-bond donors (Lipinski definition) is 0. The third kappa shape index (κ3) is 1.78. The van der Waals surface area contributed by atoms with Crippen molar-refractivity contribution >= 4 is 27.9 Å². The van der Waals surface area contributed by atoms with Crippen LogP contribution in [0.15, 0.2) is 30.3 Å². The van der Waals surface area contributed by atoms with Crippen molar-refractivity contribution in [3.05, 3.63) is 46.7 Å². The van der Waals surface area contributed by atoms with Gasteiger partial charge in [0, 0.05) is 19.4 Å². The van der Waals surface area contributed by atoms with E-state index < -0.39 is 0 Å². The fraction of sp³-hybridized carbons (Fsp3) is 0.154. The Morgan fingerprint density at radius 3 is 2.61 bits per heavy atom. The molecule has 3 nitrogen and oxygen atoms in total. The highest BCUT2D eigenvalue weighted by molar-refractivity contribution is 7.19. The summed E-state index contributed by atoms with van der Waals surface area (Å²) in [5.74, 6) is 0. The van der Waals surface area contributed by atoms with Crippen molar-refractivity contribution in [1.29, 1.82) is 0 Å². The lowest BCUT2D eigenvalue weighted by molar-refractivity contribution is -0.584. The molecule has 0 saturated heterocycles. The lowest BCUT2D eigenvalue weighted by Crippen LogP contribution is -2.29. The zero-order chi connectivity index (χ0) is 12.7. The van der Waals surface area contributed by atoms with Crippen LogP contribution >= 0.6 is 22.9 Å². The Labute approximate surface area is 114 Å². The number of fused-ring (bicyclic) bond motifs is 1. The third-order valence-electron chi connectivity index (χ3n) is 2.80. The molecule has 90 valence electrons. The molecule has 0 fully saturated rings. The summed E-state index contributed by atoms with van der Waals surface area (Å²) < 4.78 is 1.81. The summed E-state index contributed by atoms with van der Waals surface area (Å²) in [6, 6.07) is 10.1. The standard InChI is InChI=1S/C13H11ClN3S/c1-8-11(14)9(2)17-13(15-8)18-12(16-17)10-6-4-3-5-7-10/h3-7H,1-2H3/q+1. The summed E-state index contributed by atoms with van der Waals surface area (Å²) in [5, 5.41) is 6.20. The van der Waals surface area contributed by atoms with Gasteiger partial charge in [0.15, 0.2) is 16.4 Å². The number of aryl methyl sites for hydroxylation is 2. The molecule has 0 radical (unpaired) electrons. The van der Waals surface area contributed by atoms with Crippen molar-refractivity contribution in [2.45, 2.75) is 13.8 Å². The van der Waals surface area contributed by atoms with Crippen molar-refractivity contribution in [2.24, 2.45) is 0 Å². The molecule has 2 heterocycles. The van der Waals surface area contributed by atoms with Crippen LogP contribution in [0.3, 0.4) is 0 Å². The van der Waals surface area contributed by atoms with E-state index in [2.05, 4.69) is 10.1 Å². The first-order valence-electron chi connectivity index (χ1n) is 5.58. The molecule has 0 N–H and O–H groups in total. The average molecular weight is 277 g/mol. The van der Waals surface area contributed by atoms with Gasteiger partial charge >= 0.3 is 4.96 Å². The number of rotatable bonds is 1. The maximum atomic E-state index is 6.19. The summed E-state index contributed by atoms with van der Waals surface area (Å²) >= 11 is 7.76. The Morgan fingerprint density at radius 2 is 1.89 bits per heavy atom. The highest BCUT2D eigenvalue weighted by Crippen LogP contribution is 2.24. The van der Waals surface area contributed by atoms with Gasteiger partial charge in [-0.15, -0.1) is 0 Å². The molecule has 18 heavy (non-hydrogen) atoms. The molecule has 0 amide bonds. The molecular formula is C13H11ClN3S+. The van der Waals surface area contributed by atoms with Crippen LogP contribution < -0.4 is 4.52 Å². The number of hydrogen-bond acceptors (Lipinski definition) is 3. The van der Waals surface area contributed by atoms with E-state index in [0.717, 1.165) is 26.9 Å². The van der Waals surface area contributed by atoms with Gasteiger partial charge in [-0.25, -0.2) is 0 Å². The predicted octanol–water partition coefficient (Wildman–Crippen LogP) is 3.21. The monoisotopic (exact) mass is 276 g/mol. The molecule has 1 aromatic carbocycles. The van der Waals surface area contributed by atoms with Crippen molar-refractivity contribution in [2.75, 3.05) is 0 Å².